The number of nitrogens with one attached hydrogen (secondary N) is 1. The molecule has 0 aromatic carbocycles. The number of Topliss-reactive ketones (excluding diaryl/α,β-unsaturated/α-hetero) is 1. The van der Waals surface area contributed by atoms with Gasteiger partial charge in [-0.3, -0.25) is 4.79 Å². The molecule has 0 radical (unpaired) electrons. The summed E-state index contributed by atoms with van der Waals surface area (Å²) in [5.74, 6) is 0.465. The van der Waals surface area contributed by atoms with E-state index >= 15 is 0 Å². The van der Waals surface area contributed by atoms with E-state index in [1.807, 2.05) is 0 Å². The van der Waals surface area contributed by atoms with E-state index in [-0.39, 0.29) is 6.04 Å². The Kier molecular flexibility index (Phi) is 2.91. The maximum absolute atomic E-state index is 11.9. The summed E-state index contributed by atoms with van der Waals surface area (Å²) in [5.41, 5.74) is 0.335. The molecule has 2 nitrogen and oxygen atoms in total. The van der Waals surface area contributed by atoms with Crippen molar-refractivity contribution < 1.29 is 4.79 Å². The van der Waals surface area contributed by atoms with Crippen LogP contribution in [-0.2, 0) is 4.79 Å². The second kappa shape index (κ2) is 4.01. The molecule has 2 aliphatic rings. The van der Waals surface area contributed by atoms with Gasteiger partial charge in [-0.15, -0.1) is 0 Å². The van der Waals surface area contributed by atoms with Crippen molar-refractivity contribution in [1.82, 2.24) is 5.32 Å². The molecule has 2 rings (SSSR count). The third kappa shape index (κ3) is 2.17. The summed E-state index contributed by atoms with van der Waals surface area (Å²) in [6, 6.07) is 0.187. The Morgan fingerprint density at radius 2 is 2.07 bits per heavy atom. The number of carbonyl (C=O) groups is 1. The highest BCUT2D eigenvalue weighted by Crippen LogP contribution is 2.41. The third-order valence-corrected chi connectivity index (χ3v) is 3.86. The van der Waals surface area contributed by atoms with E-state index < -0.39 is 0 Å². The summed E-state index contributed by atoms with van der Waals surface area (Å²) in [4.78, 5) is 11.9. The van der Waals surface area contributed by atoms with Crippen LogP contribution < -0.4 is 5.32 Å². The fourth-order valence-electron chi connectivity index (χ4n) is 2.91. The van der Waals surface area contributed by atoms with Crippen LogP contribution in [0.15, 0.2) is 0 Å². The van der Waals surface area contributed by atoms with Gasteiger partial charge in [0.15, 0.2) is 0 Å². The molecular formula is C12H21NO. The Bertz CT molecular complexity index is 212. The van der Waals surface area contributed by atoms with Gasteiger partial charge in [0, 0.05) is 6.42 Å². The molecule has 1 heterocycles. The van der Waals surface area contributed by atoms with E-state index in [1.54, 1.807) is 0 Å². The van der Waals surface area contributed by atoms with Crippen molar-refractivity contribution in [1.29, 1.82) is 0 Å². The van der Waals surface area contributed by atoms with Gasteiger partial charge in [0.25, 0.3) is 0 Å². The summed E-state index contributed by atoms with van der Waals surface area (Å²) >= 11 is 0. The van der Waals surface area contributed by atoms with Crippen LogP contribution in [0.4, 0.5) is 0 Å². The average molecular weight is 195 g/mol. The molecule has 0 aromatic rings. The summed E-state index contributed by atoms with van der Waals surface area (Å²) in [7, 11) is 0. The second-order valence-electron chi connectivity index (χ2n) is 5.31. The summed E-state index contributed by atoms with van der Waals surface area (Å²) in [5, 5.41) is 3.30. The van der Waals surface area contributed by atoms with Crippen molar-refractivity contribution in [3.8, 4) is 0 Å². The molecule has 1 N–H and O–H groups in total. The Balaban J connectivity index is 1.86. The minimum absolute atomic E-state index is 0.187. The van der Waals surface area contributed by atoms with Gasteiger partial charge >= 0.3 is 0 Å². The Morgan fingerprint density at radius 1 is 1.36 bits per heavy atom. The van der Waals surface area contributed by atoms with Gasteiger partial charge in [0.05, 0.1) is 6.04 Å². The number of carbonyl (C=O) groups excluding carboxylic acids is 1. The van der Waals surface area contributed by atoms with Gasteiger partial charge in [-0.1, -0.05) is 19.8 Å². The van der Waals surface area contributed by atoms with Crippen LogP contribution in [-0.4, -0.2) is 18.4 Å². The van der Waals surface area contributed by atoms with Crippen molar-refractivity contribution in [2.45, 2.75) is 57.9 Å². The normalized spacial score (nSPS) is 30.8. The molecule has 0 bridgehead atoms. The molecule has 1 aliphatic heterocycles. The summed E-state index contributed by atoms with van der Waals surface area (Å²) in [6.07, 6.45) is 8.20. The SMILES string of the molecule is CC1(CC(=O)C2CCCN2)CCCC1. The molecule has 14 heavy (non-hydrogen) atoms. The minimum atomic E-state index is 0.187. The first-order chi connectivity index (χ1) is 6.70. The van der Waals surface area contributed by atoms with E-state index in [0.29, 0.717) is 11.2 Å². The van der Waals surface area contributed by atoms with Gasteiger partial charge < -0.3 is 5.32 Å². The number of ketones is 1. The lowest BCUT2D eigenvalue weighted by molar-refractivity contribution is -0.122. The monoisotopic (exact) mass is 195 g/mol. The number of rotatable bonds is 3. The maximum atomic E-state index is 11.9. The zero-order valence-electron chi connectivity index (χ0n) is 9.14. The fraction of sp³-hybridized carbons (Fsp3) is 0.917. The standard InChI is InChI=1S/C12H21NO/c1-12(6-2-3-7-12)9-11(14)10-5-4-8-13-10/h10,13H,2-9H2,1H3. The van der Waals surface area contributed by atoms with Crippen molar-refractivity contribution >= 4 is 5.78 Å². The number of hydrogen-bond acceptors (Lipinski definition) is 2. The third-order valence-electron chi connectivity index (χ3n) is 3.86. The second-order valence-corrected chi connectivity index (χ2v) is 5.31. The van der Waals surface area contributed by atoms with Crippen LogP contribution in [0.25, 0.3) is 0 Å². The molecule has 0 spiro atoms. The van der Waals surface area contributed by atoms with Crippen LogP contribution in [0.1, 0.15) is 51.9 Å². The molecule has 1 saturated carbocycles. The highest BCUT2D eigenvalue weighted by atomic mass is 16.1. The van der Waals surface area contributed by atoms with E-state index in [1.165, 1.54) is 32.1 Å². The topological polar surface area (TPSA) is 29.1 Å². The molecule has 1 atom stereocenters. The summed E-state index contributed by atoms with van der Waals surface area (Å²) < 4.78 is 0. The molecule has 0 aromatic heterocycles. The van der Waals surface area contributed by atoms with Crippen LogP contribution in [0.5, 0.6) is 0 Å². The van der Waals surface area contributed by atoms with Crippen molar-refractivity contribution in [2.75, 3.05) is 6.54 Å². The van der Waals surface area contributed by atoms with E-state index in [2.05, 4.69) is 12.2 Å². The Labute approximate surface area is 86.5 Å². The van der Waals surface area contributed by atoms with E-state index in [4.69, 9.17) is 0 Å². The fourth-order valence-corrected chi connectivity index (χ4v) is 2.91. The molecule has 80 valence electrons. The Morgan fingerprint density at radius 3 is 2.64 bits per heavy atom. The lowest BCUT2D eigenvalue weighted by Gasteiger charge is -2.24. The highest BCUT2D eigenvalue weighted by Gasteiger charge is 2.33. The quantitative estimate of drug-likeness (QED) is 0.748. The molecule has 2 heteroatoms. The molecule has 2 fully saturated rings. The van der Waals surface area contributed by atoms with Crippen molar-refractivity contribution in [3.05, 3.63) is 0 Å². The van der Waals surface area contributed by atoms with Gasteiger partial charge in [0.1, 0.15) is 5.78 Å². The molecule has 0 amide bonds. The zero-order valence-corrected chi connectivity index (χ0v) is 9.14. The molecule has 1 aliphatic carbocycles. The minimum Gasteiger partial charge on any atom is -0.307 e. The van der Waals surface area contributed by atoms with Crippen LogP contribution in [0.3, 0.4) is 0 Å². The lowest BCUT2D eigenvalue weighted by Crippen LogP contribution is -2.33. The van der Waals surface area contributed by atoms with Crippen molar-refractivity contribution in [3.63, 3.8) is 0 Å². The van der Waals surface area contributed by atoms with Crippen LogP contribution in [0.2, 0.25) is 0 Å². The van der Waals surface area contributed by atoms with Gasteiger partial charge in [-0.05, 0) is 37.6 Å². The number of hydrogen-bond donors (Lipinski definition) is 1. The zero-order chi connectivity index (χ0) is 10.0. The predicted molar refractivity (Wildman–Crippen MR) is 57.2 cm³/mol. The smallest absolute Gasteiger partial charge is 0.150 e. The first-order valence-corrected chi connectivity index (χ1v) is 5.96. The average Bonchev–Trinajstić information content (AvgIpc) is 2.74. The van der Waals surface area contributed by atoms with Gasteiger partial charge in [0.2, 0.25) is 0 Å². The maximum Gasteiger partial charge on any atom is 0.150 e. The van der Waals surface area contributed by atoms with Crippen LogP contribution >= 0.6 is 0 Å². The molecular weight excluding hydrogens is 174 g/mol. The first-order valence-electron chi connectivity index (χ1n) is 5.96. The first kappa shape index (κ1) is 10.2. The van der Waals surface area contributed by atoms with Crippen molar-refractivity contribution in [2.24, 2.45) is 5.41 Å². The van der Waals surface area contributed by atoms with E-state index in [9.17, 15) is 4.79 Å². The lowest BCUT2D eigenvalue weighted by atomic mass is 9.82. The molecule has 1 unspecified atom stereocenters. The summed E-state index contributed by atoms with van der Waals surface area (Å²) in [6.45, 7) is 3.32. The Hall–Kier alpha value is -0.370. The highest BCUT2D eigenvalue weighted by molar-refractivity contribution is 5.84. The largest absolute Gasteiger partial charge is 0.307 e. The van der Waals surface area contributed by atoms with Gasteiger partial charge in [-0.2, -0.15) is 0 Å². The van der Waals surface area contributed by atoms with Gasteiger partial charge in [-0.25, -0.2) is 0 Å². The van der Waals surface area contributed by atoms with Crippen LogP contribution in [0, 0.1) is 5.41 Å². The predicted octanol–water partition coefficient (Wildman–Crippen LogP) is 2.28. The molecule has 1 saturated heterocycles. The van der Waals surface area contributed by atoms with E-state index in [0.717, 1.165) is 19.4 Å².